The van der Waals surface area contributed by atoms with E-state index >= 15 is 0 Å². The highest BCUT2D eigenvalue weighted by Gasteiger charge is 2.20. The largest absolute Gasteiger partial charge is 0.481 e. The lowest BCUT2D eigenvalue weighted by molar-refractivity contribution is -0.122. The van der Waals surface area contributed by atoms with Gasteiger partial charge < -0.3 is 15.0 Å². The second-order valence-corrected chi connectivity index (χ2v) is 5.95. The molecule has 1 aliphatic heterocycles. The van der Waals surface area contributed by atoms with Gasteiger partial charge in [-0.2, -0.15) is 5.26 Å². The molecule has 25 heavy (non-hydrogen) atoms. The van der Waals surface area contributed by atoms with Gasteiger partial charge >= 0.3 is 0 Å². The number of hydrogen-bond donors (Lipinski definition) is 1. The first-order valence-electron chi connectivity index (χ1n) is 8.35. The fraction of sp³-hybridized carbons (Fsp3) is 0.316. The number of amides is 1. The minimum Gasteiger partial charge on any atom is -0.481 e. The van der Waals surface area contributed by atoms with Crippen molar-refractivity contribution in [3.05, 3.63) is 48.2 Å². The molecule has 6 nitrogen and oxygen atoms in total. The third kappa shape index (κ3) is 4.07. The highest BCUT2D eigenvalue weighted by molar-refractivity contribution is 5.96. The quantitative estimate of drug-likeness (QED) is 0.908. The van der Waals surface area contributed by atoms with Gasteiger partial charge in [-0.25, -0.2) is 4.98 Å². The maximum absolute atomic E-state index is 12.5. The Kier molecular flexibility index (Phi) is 5.14. The molecule has 1 atom stereocenters. The molecule has 1 saturated heterocycles. The molecular weight excluding hydrogens is 316 g/mol. The minimum atomic E-state index is -0.667. The van der Waals surface area contributed by atoms with Crippen LogP contribution < -0.4 is 15.0 Å². The number of aromatic nitrogens is 1. The number of anilines is 2. The first-order valence-corrected chi connectivity index (χ1v) is 8.35. The number of nitriles is 1. The van der Waals surface area contributed by atoms with E-state index in [-0.39, 0.29) is 5.91 Å². The summed E-state index contributed by atoms with van der Waals surface area (Å²) in [5.74, 6) is 1.12. The highest BCUT2D eigenvalue weighted by Crippen LogP contribution is 2.26. The molecule has 1 aliphatic rings. The third-order valence-electron chi connectivity index (χ3n) is 4.12. The van der Waals surface area contributed by atoms with Crippen molar-refractivity contribution in [1.29, 1.82) is 5.26 Å². The lowest BCUT2D eigenvalue weighted by Gasteiger charge is -2.21. The smallest absolute Gasteiger partial charge is 0.265 e. The van der Waals surface area contributed by atoms with E-state index in [1.54, 1.807) is 43.5 Å². The van der Waals surface area contributed by atoms with E-state index < -0.39 is 6.10 Å². The van der Waals surface area contributed by atoms with E-state index in [1.807, 2.05) is 12.1 Å². The lowest BCUT2D eigenvalue weighted by Crippen LogP contribution is -2.31. The van der Waals surface area contributed by atoms with Gasteiger partial charge in [-0.3, -0.25) is 4.79 Å². The number of rotatable bonds is 5. The van der Waals surface area contributed by atoms with Gasteiger partial charge in [0.1, 0.15) is 5.75 Å². The van der Waals surface area contributed by atoms with Gasteiger partial charge in [-0.05, 0) is 56.2 Å². The second-order valence-electron chi connectivity index (χ2n) is 5.95. The molecule has 0 unspecified atom stereocenters. The molecule has 1 aromatic carbocycles. The molecule has 1 aromatic heterocycles. The number of carbonyl (C=O) groups excluding carboxylic acids is 1. The van der Waals surface area contributed by atoms with E-state index in [4.69, 9.17) is 10.00 Å². The van der Waals surface area contributed by atoms with Crippen molar-refractivity contribution < 1.29 is 9.53 Å². The summed E-state index contributed by atoms with van der Waals surface area (Å²) in [5, 5.41) is 11.7. The Morgan fingerprint density at radius 2 is 2.00 bits per heavy atom. The Morgan fingerprint density at radius 1 is 1.28 bits per heavy atom. The van der Waals surface area contributed by atoms with Crippen LogP contribution in [0.15, 0.2) is 42.6 Å². The maximum atomic E-state index is 12.5. The van der Waals surface area contributed by atoms with E-state index in [9.17, 15) is 4.79 Å². The monoisotopic (exact) mass is 336 g/mol. The van der Waals surface area contributed by atoms with Crippen LogP contribution in [0.5, 0.6) is 5.75 Å². The van der Waals surface area contributed by atoms with E-state index in [0.29, 0.717) is 17.0 Å². The lowest BCUT2D eigenvalue weighted by atomic mass is 10.2. The van der Waals surface area contributed by atoms with Gasteiger partial charge in [0.2, 0.25) is 0 Å². The molecule has 0 saturated carbocycles. The van der Waals surface area contributed by atoms with E-state index in [0.717, 1.165) is 31.7 Å². The molecule has 1 fully saturated rings. The van der Waals surface area contributed by atoms with Gasteiger partial charge in [-0.1, -0.05) is 0 Å². The Morgan fingerprint density at radius 3 is 2.68 bits per heavy atom. The van der Waals surface area contributed by atoms with Crippen molar-refractivity contribution in [1.82, 2.24) is 4.98 Å². The fourth-order valence-electron chi connectivity index (χ4n) is 2.78. The summed E-state index contributed by atoms with van der Waals surface area (Å²) < 4.78 is 5.66. The molecule has 6 heteroatoms. The number of hydrogen-bond acceptors (Lipinski definition) is 5. The Balaban J connectivity index is 1.66. The summed E-state index contributed by atoms with van der Waals surface area (Å²) >= 11 is 0. The normalized spacial score (nSPS) is 14.6. The summed E-state index contributed by atoms with van der Waals surface area (Å²) in [4.78, 5) is 19.1. The zero-order valence-electron chi connectivity index (χ0n) is 14.1. The summed E-state index contributed by atoms with van der Waals surface area (Å²) in [6.07, 6.45) is 3.35. The Labute approximate surface area is 147 Å². The third-order valence-corrected chi connectivity index (χ3v) is 4.12. The predicted molar refractivity (Wildman–Crippen MR) is 95.6 cm³/mol. The van der Waals surface area contributed by atoms with Gasteiger partial charge in [0.05, 0.1) is 17.3 Å². The zero-order chi connectivity index (χ0) is 17.6. The molecule has 1 amide bonds. The maximum Gasteiger partial charge on any atom is 0.265 e. The molecule has 0 spiro atoms. The molecule has 0 bridgehead atoms. The molecular formula is C19H20N4O2. The Hall–Kier alpha value is -3.07. The predicted octanol–water partition coefficient (Wildman–Crippen LogP) is 2.96. The summed E-state index contributed by atoms with van der Waals surface area (Å²) in [6, 6.07) is 12.4. The topological polar surface area (TPSA) is 78.2 Å². The number of nitrogens with one attached hydrogen (secondary N) is 1. The van der Waals surface area contributed by atoms with Crippen LogP contribution in [0.1, 0.15) is 25.3 Å². The van der Waals surface area contributed by atoms with Crippen LogP contribution in [0.2, 0.25) is 0 Å². The number of nitrogens with zero attached hydrogens (tertiary/aromatic N) is 3. The van der Waals surface area contributed by atoms with Crippen LogP contribution in [-0.2, 0) is 4.79 Å². The van der Waals surface area contributed by atoms with E-state index in [2.05, 4.69) is 15.2 Å². The molecule has 128 valence electrons. The van der Waals surface area contributed by atoms with Crippen molar-refractivity contribution >= 4 is 17.4 Å². The highest BCUT2D eigenvalue weighted by atomic mass is 16.5. The number of carbonyl (C=O) groups is 1. The second kappa shape index (κ2) is 7.67. The molecule has 2 aromatic rings. The van der Waals surface area contributed by atoms with Gasteiger partial charge in [0.25, 0.3) is 5.91 Å². The molecule has 2 heterocycles. The number of pyridine rings is 1. The first kappa shape index (κ1) is 16.8. The molecule has 0 aliphatic carbocycles. The van der Waals surface area contributed by atoms with Crippen molar-refractivity contribution in [2.75, 3.05) is 23.3 Å². The first-order chi connectivity index (χ1) is 12.2. The van der Waals surface area contributed by atoms with Crippen molar-refractivity contribution in [2.45, 2.75) is 25.9 Å². The molecule has 1 N–H and O–H groups in total. The molecule has 3 rings (SSSR count). The number of benzene rings is 1. The van der Waals surface area contributed by atoms with Crippen molar-refractivity contribution in [3.63, 3.8) is 0 Å². The minimum absolute atomic E-state index is 0.238. The van der Waals surface area contributed by atoms with Crippen LogP contribution in [0.25, 0.3) is 0 Å². The summed E-state index contributed by atoms with van der Waals surface area (Å²) in [7, 11) is 0. The average Bonchev–Trinajstić information content (AvgIpc) is 3.17. The van der Waals surface area contributed by atoms with Crippen LogP contribution in [0, 0.1) is 11.3 Å². The van der Waals surface area contributed by atoms with Crippen LogP contribution in [0.4, 0.5) is 11.5 Å². The number of ether oxygens (including phenoxy) is 1. The van der Waals surface area contributed by atoms with Crippen LogP contribution >= 0.6 is 0 Å². The van der Waals surface area contributed by atoms with Gasteiger partial charge in [-0.15, -0.1) is 0 Å². The SMILES string of the molecule is C[C@@H](Oc1ccc(C#N)cc1)C(=O)Nc1cccnc1N1CCCC1. The fourth-order valence-corrected chi connectivity index (χ4v) is 2.78. The van der Waals surface area contributed by atoms with Crippen LogP contribution in [-0.4, -0.2) is 30.1 Å². The standard InChI is InChI=1S/C19H20N4O2/c1-14(25-16-8-6-15(13-20)7-9-16)19(24)22-17-5-4-10-21-18(17)23-11-2-3-12-23/h4-10,14H,2-3,11-12H2,1H3,(H,22,24)/t14-/m1/s1. The summed E-state index contributed by atoms with van der Waals surface area (Å²) in [5.41, 5.74) is 1.25. The van der Waals surface area contributed by atoms with Crippen LogP contribution in [0.3, 0.4) is 0 Å². The Bertz CT molecular complexity index is 777. The van der Waals surface area contributed by atoms with Gasteiger partial charge in [0.15, 0.2) is 11.9 Å². The summed E-state index contributed by atoms with van der Waals surface area (Å²) in [6.45, 7) is 3.60. The van der Waals surface area contributed by atoms with E-state index in [1.165, 1.54) is 0 Å². The average molecular weight is 336 g/mol. The van der Waals surface area contributed by atoms with Crippen molar-refractivity contribution in [3.8, 4) is 11.8 Å². The van der Waals surface area contributed by atoms with Crippen molar-refractivity contribution in [2.24, 2.45) is 0 Å². The zero-order valence-corrected chi connectivity index (χ0v) is 14.1. The molecule has 0 radical (unpaired) electrons. The van der Waals surface area contributed by atoms with Gasteiger partial charge in [0, 0.05) is 19.3 Å².